The van der Waals surface area contributed by atoms with E-state index in [1.165, 1.54) is 30.4 Å². The molecule has 2 aromatic rings. The SMILES string of the molecule is Cc1cccc(Cn2cccc2CNC(=O)NC2CCCCC2)c1. The summed E-state index contributed by atoms with van der Waals surface area (Å²) >= 11 is 0. The molecule has 1 fully saturated rings. The third-order valence-corrected chi connectivity index (χ3v) is 4.73. The van der Waals surface area contributed by atoms with Crippen LogP contribution in [0.1, 0.15) is 48.9 Å². The molecule has 0 radical (unpaired) electrons. The van der Waals surface area contributed by atoms with Gasteiger partial charge in [0.25, 0.3) is 0 Å². The van der Waals surface area contributed by atoms with Crippen molar-refractivity contribution in [1.82, 2.24) is 15.2 Å². The van der Waals surface area contributed by atoms with E-state index in [-0.39, 0.29) is 6.03 Å². The Labute approximate surface area is 144 Å². The Bertz CT molecular complexity index is 671. The van der Waals surface area contributed by atoms with Gasteiger partial charge in [-0.2, -0.15) is 0 Å². The van der Waals surface area contributed by atoms with Crippen LogP contribution in [0, 0.1) is 6.92 Å². The van der Waals surface area contributed by atoms with Crippen molar-refractivity contribution in [3.63, 3.8) is 0 Å². The van der Waals surface area contributed by atoms with Gasteiger partial charge in [-0.15, -0.1) is 0 Å². The predicted octanol–water partition coefficient (Wildman–Crippen LogP) is 3.98. The molecule has 2 amide bonds. The first-order valence-corrected chi connectivity index (χ1v) is 8.94. The predicted molar refractivity (Wildman–Crippen MR) is 97.0 cm³/mol. The average molecular weight is 325 g/mol. The summed E-state index contributed by atoms with van der Waals surface area (Å²) in [6.45, 7) is 3.49. The van der Waals surface area contributed by atoms with Crippen LogP contribution in [0.15, 0.2) is 42.6 Å². The van der Waals surface area contributed by atoms with Crippen LogP contribution in [0.25, 0.3) is 0 Å². The molecule has 0 unspecified atom stereocenters. The van der Waals surface area contributed by atoms with Gasteiger partial charge in [0.2, 0.25) is 0 Å². The van der Waals surface area contributed by atoms with Crippen LogP contribution in [-0.4, -0.2) is 16.6 Å². The summed E-state index contributed by atoms with van der Waals surface area (Å²) in [5, 5.41) is 6.10. The zero-order valence-corrected chi connectivity index (χ0v) is 14.4. The molecule has 1 aromatic carbocycles. The number of urea groups is 1. The van der Waals surface area contributed by atoms with E-state index < -0.39 is 0 Å². The molecular weight excluding hydrogens is 298 g/mol. The Kier molecular flexibility index (Phi) is 5.57. The van der Waals surface area contributed by atoms with Crippen molar-refractivity contribution < 1.29 is 4.79 Å². The molecule has 3 rings (SSSR count). The van der Waals surface area contributed by atoms with Gasteiger partial charge >= 0.3 is 6.03 Å². The standard InChI is InChI=1S/C20H27N3O/c1-16-7-5-8-17(13-16)15-23-12-6-11-19(23)14-21-20(24)22-18-9-3-2-4-10-18/h5-8,11-13,18H,2-4,9-10,14-15H2,1H3,(H2,21,22,24). The van der Waals surface area contributed by atoms with Gasteiger partial charge in [0.15, 0.2) is 0 Å². The fourth-order valence-electron chi connectivity index (χ4n) is 3.43. The Balaban J connectivity index is 1.52. The highest BCUT2D eigenvalue weighted by molar-refractivity contribution is 5.74. The summed E-state index contributed by atoms with van der Waals surface area (Å²) in [5.41, 5.74) is 3.67. The zero-order chi connectivity index (χ0) is 16.8. The quantitative estimate of drug-likeness (QED) is 0.858. The highest BCUT2D eigenvalue weighted by Crippen LogP contribution is 2.17. The van der Waals surface area contributed by atoms with E-state index in [1.807, 2.05) is 6.07 Å². The number of hydrogen-bond donors (Lipinski definition) is 2. The van der Waals surface area contributed by atoms with Crippen LogP contribution in [0.2, 0.25) is 0 Å². The number of nitrogens with one attached hydrogen (secondary N) is 2. The van der Waals surface area contributed by atoms with Crippen molar-refractivity contribution in [2.45, 2.75) is 58.2 Å². The van der Waals surface area contributed by atoms with Crippen LogP contribution in [-0.2, 0) is 13.1 Å². The van der Waals surface area contributed by atoms with E-state index in [1.54, 1.807) is 0 Å². The monoisotopic (exact) mass is 325 g/mol. The smallest absolute Gasteiger partial charge is 0.315 e. The summed E-state index contributed by atoms with van der Waals surface area (Å²) in [4.78, 5) is 12.1. The van der Waals surface area contributed by atoms with Crippen LogP contribution in [0.3, 0.4) is 0 Å². The Morgan fingerprint density at radius 1 is 1.17 bits per heavy atom. The van der Waals surface area contributed by atoms with Crippen LogP contribution >= 0.6 is 0 Å². The first kappa shape index (κ1) is 16.6. The van der Waals surface area contributed by atoms with Gasteiger partial charge in [-0.1, -0.05) is 49.1 Å². The second kappa shape index (κ2) is 8.04. The topological polar surface area (TPSA) is 46.1 Å². The summed E-state index contributed by atoms with van der Waals surface area (Å²) < 4.78 is 2.19. The summed E-state index contributed by atoms with van der Waals surface area (Å²) in [7, 11) is 0. The molecule has 1 aromatic heterocycles. The molecule has 0 atom stereocenters. The van der Waals surface area contributed by atoms with E-state index in [2.05, 4.69) is 58.7 Å². The van der Waals surface area contributed by atoms with Gasteiger partial charge in [0.1, 0.15) is 0 Å². The lowest BCUT2D eigenvalue weighted by atomic mass is 9.96. The van der Waals surface area contributed by atoms with Crippen LogP contribution < -0.4 is 10.6 Å². The summed E-state index contributed by atoms with van der Waals surface area (Å²) in [6.07, 6.45) is 8.04. The van der Waals surface area contributed by atoms with Gasteiger partial charge in [-0.25, -0.2) is 4.79 Å². The number of hydrogen-bond acceptors (Lipinski definition) is 1. The van der Waals surface area contributed by atoms with Crippen molar-refractivity contribution in [2.24, 2.45) is 0 Å². The van der Waals surface area contributed by atoms with E-state index in [9.17, 15) is 4.79 Å². The molecule has 1 aliphatic carbocycles. The number of benzene rings is 1. The summed E-state index contributed by atoms with van der Waals surface area (Å²) in [6, 6.07) is 12.9. The van der Waals surface area contributed by atoms with Crippen molar-refractivity contribution >= 4 is 6.03 Å². The molecule has 4 heteroatoms. The maximum absolute atomic E-state index is 12.1. The number of carbonyl (C=O) groups is 1. The molecule has 0 spiro atoms. The van der Waals surface area contributed by atoms with Gasteiger partial charge in [-0.3, -0.25) is 0 Å². The largest absolute Gasteiger partial charge is 0.345 e. The van der Waals surface area contributed by atoms with E-state index in [4.69, 9.17) is 0 Å². The molecule has 24 heavy (non-hydrogen) atoms. The van der Waals surface area contributed by atoms with Gasteiger partial charge in [-0.05, 0) is 37.5 Å². The van der Waals surface area contributed by atoms with E-state index >= 15 is 0 Å². The molecule has 1 heterocycles. The molecule has 128 valence electrons. The van der Waals surface area contributed by atoms with Crippen molar-refractivity contribution in [3.05, 3.63) is 59.4 Å². The lowest BCUT2D eigenvalue weighted by Crippen LogP contribution is -2.42. The number of amides is 2. The minimum Gasteiger partial charge on any atom is -0.345 e. The molecular formula is C20H27N3O. The number of rotatable bonds is 5. The van der Waals surface area contributed by atoms with E-state index in [0.29, 0.717) is 12.6 Å². The van der Waals surface area contributed by atoms with E-state index in [0.717, 1.165) is 25.1 Å². The second-order valence-electron chi connectivity index (χ2n) is 6.78. The maximum Gasteiger partial charge on any atom is 0.315 e. The number of carbonyl (C=O) groups excluding carboxylic acids is 1. The van der Waals surface area contributed by atoms with Crippen molar-refractivity contribution in [2.75, 3.05) is 0 Å². The van der Waals surface area contributed by atoms with Crippen LogP contribution in [0.5, 0.6) is 0 Å². The average Bonchev–Trinajstić information content (AvgIpc) is 3.01. The molecule has 0 bridgehead atoms. The second-order valence-corrected chi connectivity index (χ2v) is 6.78. The fourth-order valence-corrected chi connectivity index (χ4v) is 3.43. The molecule has 2 N–H and O–H groups in total. The van der Waals surface area contributed by atoms with Crippen molar-refractivity contribution in [1.29, 1.82) is 0 Å². The molecule has 4 nitrogen and oxygen atoms in total. The first-order valence-electron chi connectivity index (χ1n) is 8.94. The minimum absolute atomic E-state index is 0.0507. The first-order chi connectivity index (χ1) is 11.7. The molecule has 1 saturated carbocycles. The van der Waals surface area contributed by atoms with Gasteiger partial charge in [0.05, 0.1) is 6.54 Å². The zero-order valence-electron chi connectivity index (χ0n) is 14.4. The molecule has 1 aliphatic rings. The van der Waals surface area contributed by atoms with Gasteiger partial charge < -0.3 is 15.2 Å². The lowest BCUT2D eigenvalue weighted by molar-refractivity contribution is 0.232. The summed E-state index contributed by atoms with van der Waals surface area (Å²) in [5.74, 6) is 0. The van der Waals surface area contributed by atoms with Crippen LogP contribution in [0.4, 0.5) is 4.79 Å². The van der Waals surface area contributed by atoms with Gasteiger partial charge in [0, 0.05) is 24.5 Å². The minimum atomic E-state index is -0.0507. The Morgan fingerprint density at radius 2 is 2.00 bits per heavy atom. The molecule has 0 aliphatic heterocycles. The highest BCUT2D eigenvalue weighted by atomic mass is 16.2. The normalized spacial score (nSPS) is 15.2. The van der Waals surface area contributed by atoms with Crippen molar-refractivity contribution in [3.8, 4) is 0 Å². The third-order valence-electron chi connectivity index (χ3n) is 4.73. The number of aromatic nitrogens is 1. The lowest BCUT2D eigenvalue weighted by Gasteiger charge is -2.23. The Morgan fingerprint density at radius 3 is 2.79 bits per heavy atom. The highest BCUT2D eigenvalue weighted by Gasteiger charge is 2.15. The number of aryl methyl sites for hydroxylation is 1. The molecule has 0 saturated heterocycles. The third kappa shape index (κ3) is 4.63. The number of nitrogens with zero attached hydrogens (tertiary/aromatic N) is 1. The fraction of sp³-hybridized carbons (Fsp3) is 0.450. The maximum atomic E-state index is 12.1. The Hall–Kier alpha value is -2.23.